The van der Waals surface area contributed by atoms with E-state index in [4.69, 9.17) is 46.4 Å². The lowest BCUT2D eigenvalue weighted by molar-refractivity contribution is 0.571. The number of thiazole rings is 1. The van der Waals surface area contributed by atoms with Crippen molar-refractivity contribution in [3.63, 3.8) is 0 Å². The lowest BCUT2D eigenvalue weighted by Crippen LogP contribution is -2.34. The van der Waals surface area contributed by atoms with Gasteiger partial charge in [0.25, 0.3) is 10.0 Å². The molecule has 5 rings (SSSR count). The first-order valence-corrected chi connectivity index (χ1v) is 13.8. The van der Waals surface area contributed by atoms with Gasteiger partial charge in [-0.1, -0.05) is 64.6 Å². The number of sulfonamides is 1. The third kappa shape index (κ3) is 4.54. The van der Waals surface area contributed by atoms with Crippen LogP contribution in [0.4, 0.5) is 0 Å². The highest BCUT2D eigenvalue weighted by atomic mass is 35.5. The van der Waals surface area contributed by atoms with Crippen molar-refractivity contribution in [2.75, 3.05) is 0 Å². The fourth-order valence-corrected chi connectivity index (χ4v) is 7.07. The van der Waals surface area contributed by atoms with Crippen LogP contribution in [0.5, 0.6) is 0 Å². The lowest BCUT2D eigenvalue weighted by atomic mass is 9.96. The second kappa shape index (κ2) is 9.31. The van der Waals surface area contributed by atoms with E-state index in [1.807, 2.05) is 12.1 Å². The van der Waals surface area contributed by atoms with Crippen molar-refractivity contribution in [3.8, 4) is 0 Å². The summed E-state index contributed by atoms with van der Waals surface area (Å²) < 4.78 is 31.2. The van der Waals surface area contributed by atoms with E-state index in [1.54, 1.807) is 41.9 Å². The highest BCUT2D eigenvalue weighted by Gasteiger charge is 2.34. The van der Waals surface area contributed by atoms with Crippen LogP contribution >= 0.6 is 57.7 Å². The third-order valence-corrected chi connectivity index (χ3v) is 8.75. The first-order valence-electron chi connectivity index (χ1n) is 9.89. The minimum atomic E-state index is -4.14. The highest BCUT2D eigenvalue weighted by Crippen LogP contribution is 2.34. The van der Waals surface area contributed by atoms with Gasteiger partial charge in [-0.2, -0.15) is 9.82 Å². The normalized spacial score (nSPS) is 17.1. The number of fused-ring (bicyclic) bond motifs is 1. The minimum absolute atomic E-state index is 0.120. The van der Waals surface area contributed by atoms with E-state index in [1.165, 1.54) is 15.7 Å². The Morgan fingerprint density at radius 3 is 2.56 bits per heavy atom. The Bertz CT molecular complexity index is 1520. The van der Waals surface area contributed by atoms with Gasteiger partial charge in [0, 0.05) is 33.1 Å². The molecular formula is C21H15Cl4N5O2S2. The van der Waals surface area contributed by atoms with Crippen molar-refractivity contribution in [1.82, 2.24) is 19.5 Å². The number of nitrogens with zero attached hydrogens (tertiary/aromatic N) is 3. The molecule has 1 unspecified atom stereocenters. The Kier molecular flexibility index (Phi) is 6.54. The molecule has 0 fully saturated rings. The summed E-state index contributed by atoms with van der Waals surface area (Å²) in [6.45, 7) is 0. The first kappa shape index (κ1) is 23.9. The molecule has 0 radical (unpaired) electrons. The van der Waals surface area contributed by atoms with E-state index in [0.717, 1.165) is 5.56 Å². The number of benzene rings is 2. The summed E-state index contributed by atoms with van der Waals surface area (Å²) in [4.78, 5) is 4.60. The van der Waals surface area contributed by atoms with Gasteiger partial charge < -0.3 is 5.43 Å². The molecule has 0 saturated heterocycles. The summed E-state index contributed by atoms with van der Waals surface area (Å²) in [6.07, 6.45) is 2.03. The summed E-state index contributed by atoms with van der Waals surface area (Å²) in [6, 6.07) is 11.2. The molecule has 0 spiro atoms. The van der Waals surface area contributed by atoms with Gasteiger partial charge >= 0.3 is 0 Å². The van der Waals surface area contributed by atoms with Crippen LogP contribution in [0, 0.1) is 0 Å². The zero-order valence-electron chi connectivity index (χ0n) is 17.0. The summed E-state index contributed by atoms with van der Waals surface area (Å²) in [7, 11) is -4.14. The maximum absolute atomic E-state index is 13.5. The van der Waals surface area contributed by atoms with Crippen LogP contribution in [0.15, 0.2) is 64.2 Å². The standard InChI is InChI=1S/C21H15Cl4N5O2S2/c22-12-3-1-11(2-4-12)16-10-17(28-27-16)18(14-6-5-13(23)9-15(14)24)29-34(31,32)20-19(25)26-21-30(20)7-8-33-21/h1-9,16,18,27,29H,10H2/t16?,18-/m0/s1. The molecule has 0 saturated carbocycles. The zero-order chi connectivity index (χ0) is 24.0. The van der Waals surface area contributed by atoms with Gasteiger partial charge in [-0.05, 0) is 35.4 Å². The van der Waals surface area contributed by atoms with Gasteiger partial charge in [-0.3, -0.25) is 4.40 Å². The fraction of sp³-hybridized carbons (Fsp3) is 0.143. The van der Waals surface area contributed by atoms with Gasteiger partial charge in [0.1, 0.15) is 0 Å². The van der Waals surface area contributed by atoms with Crippen LogP contribution in [-0.2, 0) is 10.0 Å². The van der Waals surface area contributed by atoms with Crippen LogP contribution in [0.2, 0.25) is 20.2 Å². The molecule has 2 N–H and O–H groups in total. The molecule has 2 aromatic carbocycles. The molecular weight excluding hydrogens is 560 g/mol. The molecule has 2 aromatic heterocycles. The van der Waals surface area contributed by atoms with Crippen molar-refractivity contribution in [3.05, 3.63) is 85.4 Å². The molecule has 4 aromatic rings. The van der Waals surface area contributed by atoms with Gasteiger partial charge in [0.05, 0.1) is 17.8 Å². The second-order valence-corrected chi connectivity index (χ2v) is 11.7. The zero-order valence-corrected chi connectivity index (χ0v) is 21.7. The first-order chi connectivity index (χ1) is 16.2. The van der Waals surface area contributed by atoms with Crippen LogP contribution in [0.25, 0.3) is 4.96 Å². The Morgan fingerprint density at radius 2 is 1.82 bits per heavy atom. The largest absolute Gasteiger partial charge is 0.302 e. The Balaban J connectivity index is 1.52. The van der Waals surface area contributed by atoms with Gasteiger partial charge in [0.15, 0.2) is 15.1 Å². The number of hydrogen-bond donors (Lipinski definition) is 2. The number of nitrogens with one attached hydrogen (secondary N) is 2. The average molecular weight is 575 g/mol. The molecule has 0 aliphatic carbocycles. The van der Waals surface area contributed by atoms with Gasteiger partial charge in [0.2, 0.25) is 0 Å². The molecule has 7 nitrogen and oxygen atoms in total. The topological polar surface area (TPSA) is 87.9 Å². The smallest absolute Gasteiger partial charge is 0.260 e. The predicted molar refractivity (Wildman–Crippen MR) is 137 cm³/mol. The SMILES string of the molecule is O=S(=O)(N[C@H](C1=NNC(c2ccc(Cl)cc2)C1)c1ccc(Cl)cc1Cl)c1c(Cl)nc2sccn12. The molecule has 3 heterocycles. The fourth-order valence-electron chi connectivity index (χ4n) is 3.77. The highest BCUT2D eigenvalue weighted by molar-refractivity contribution is 7.89. The summed E-state index contributed by atoms with van der Waals surface area (Å²) in [5.41, 5.74) is 5.10. The van der Waals surface area contributed by atoms with E-state index in [-0.39, 0.29) is 16.2 Å². The molecule has 176 valence electrons. The predicted octanol–water partition coefficient (Wildman–Crippen LogP) is 6.12. The number of halogens is 4. The van der Waals surface area contributed by atoms with Crippen molar-refractivity contribution in [1.29, 1.82) is 0 Å². The number of imidazole rings is 1. The molecule has 2 atom stereocenters. The van der Waals surface area contributed by atoms with Crippen LogP contribution in [0.3, 0.4) is 0 Å². The maximum Gasteiger partial charge on any atom is 0.260 e. The number of aromatic nitrogens is 2. The number of rotatable bonds is 6. The van der Waals surface area contributed by atoms with Crippen LogP contribution < -0.4 is 10.1 Å². The van der Waals surface area contributed by atoms with Gasteiger partial charge in [-0.15, -0.1) is 11.3 Å². The van der Waals surface area contributed by atoms with Crippen molar-refractivity contribution in [2.24, 2.45) is 5.10 Å². The summed E-state index contributed by atoms with van der Waals surface area (Å²) in [5.74, 6) is 0. The van der Waals surface area contributed by atoms with Crippen LogP contribution in [-0.4, -0.2) is 23.5 Å². The lowest BCUT2D eigenvalue weighted by Gasteiger charge is -2.21. The molecule has 1 aliphatic heterocycles. The molecule has 0 bridgehead atoms. The quantitative estimate of drug-likeness (QED) is 0.290. The summed E-state index contributed by atoms with van der Waals surface area (Å²) in [5, 5.41) is 7.27. The van der Waals surface area contributed by atoms with E-state index < -0.39 is 16.1 Å². The monoisotopic (exact) mass is 573 g/mol. The average Bonchev–Trinajstić information content (AvgIpc) is 3.49. The van der Waals surface area contributed by atoms with Crippen LogP contribution in [0.1, 0.15) is 29.6 Å². The molecule has 34 heavy (non-hydrogen) atoms. The maximum atomic E-state index is 13.5. The van der Waals surface area contributed by atoms with E-state index in [0.29, 0.717) is 37.7 Å². The summed E-state index contributed by atoms with van der Waals surface area (Å²) >= 11 is 26.1. The Labute approximate surface area is 219 Å². The van der Waals surface area contributed by atoms with Gasteiger partial charge in [-0.25, -0.2) is 13.4 Å². The molecule has 13 heteroatoms. The van der Waals surface area contributed by atoms with E-state index in [9.17, 15) is 8.42 Å². The van der Waals surface area contributed by atoms with Crippen molar-refractivity contribution < 1.29 is 8.42 Å². The Hall–Kier alpha value is -1.85. The number of hydrazone groups is 1. The van der Waals surface area contributed by atoms with E-state index in [2.05, 4.69) is 20.2 Å². The van der Waals surface area contributed by atoms with Crippen molar-refractivity contribution >= 4 is 78.4 Å². The molecule has 0 amide bonds. The third-order valence-electron chi connectivity index (χ3n) is 5.36. The number of hydrogen-bond acceptors (Lipinski definition) is 6. The van der Waals surface area contributed by atoms with Crippen molar-refractivity contribution in [2.45, 2.75) is 23.5 Å². The van der Waals surface area contributed by atoms with E-state index >= 15 is 0 Å². The second-order valence-electron chi connectivity index (χ2n) is 7.52. The minimum Gasteiger partial charge on any atom is -0.302 e. The Morgan fingerprint density at radius 1 is 1.09 bits per heavy atom. The molecule has 1 aliphatic rings.